The van der Waals surface area contributed by atoms with E-state index < -0.39 is 30.1 Å². The highest BCUT2D eigenvalue weighted by atomic mass is 32.2. The maximum Gasteiger partial charge on any atom is 0.243 e. The lowest BCUT2D eigenvalue weighted by molar-refractivity contribution is 0.0730. The molecular formula is C24H33N3O7S3. The summed E-state index contributed by atoms with van der Waals surface area (Å²) in [6.45, 7) is 5.34. The van der Waals surface area contributed by atoms with Gasteiger partial charge in [0, 0.05) is 39.3 Å². The van der Waals surface area contributed by atoms with Gasteiger partial charge >= 0.3 is 0 Å². The van der Waals surface area contributed by atoms with Crippen molar-refractivity contribution in [2.45, 2.75) is 40.9 Å². The van der Waals surface area contributed by atoms with Crippen molar-refractivity contribution in [2.24, 2.45) is 0 Å². The zero-order valence-electron chi connectivity index (χ0n) is 21.0. The van der Waals surface area contributed by atoms with Gasteiger partial charge in [0.1, 0.15) is 0 Å². The molecule has 0 saturated carbocycles. The zero-order valence-corrected chi connectivity index (χ0v) is 23.4. The summed E-state index contributed by atoms with van der Waals surface area (Å²) in [7, 11) is -11.4. The molecule has 0 aliphatic carbocycles. The molecule has 2 heterocycles. The lowest BCUT2D eigenvalue weighted by Crippen LogP contribution is -2.50. The van der Waals surface area contributed by atoms with Gasteiger partial charge in [-0.1, -0.05) is 26.0 Å². The first kappa shape index (κ1) is 28.1. The number of sulfonamides is 3. The molecule has 2 saturated heterocycles. The minimum atomic E-state index is -3.92. The highest BCUT2D eigenvalue weighted by Crippen LogP contribution is 2.26. The third-order valence-electron chi connectivity index (χ3n) is 6.97. The first-order valence-electron chi connectivity index (χ1n) is 12.3. The molecule has 0 radical (unpaired) electrons. The Morgan fingerprint density at radius 3 is 1.30 bits per heavy atom. The molecule has 0 spiro atoms. The van der Waals surface area contributed by atoms with E-state index in [4.69, 9.17) is 4.74 Å². The fourth-order valence-electron chi connectivity index (χ4n) is 4.37. The third-order valence-corrected chi connectivity index (χ3v) is 12.7. The molecule has 204 valence electrons. The van der Waals surface area contributed by atoms with Gasteiger partial charge in [0.25, 0.3) is 0 Å². The summed E-state index contributed by atoms with van der Waals surface area (Å²) in [4.78, 5) is 0.168. The smallest absolute Gasteiger partial charge is 0.243 e. The van der Waals surface area contributed by atoms with Crippen LogP contribution < -0.4 is 0 Å². The van der Waals surface area contributed by atoms with Crippen LogP contribution in [0.3, 0.4) is 0 Å². The van der Waals surface area contributed by atoms with Crippen molar-refractivity contribution in [2.75, 3.05) is 52.5 Å². The van der Waals surface area contributed by atoms with Crippen LogP contribution in [0.15, 0.2) is 63.2 Å². The SMILES string of the molecule is CC[C@@H](C)c1ccc(S(=O)(=O)N2CCN(S(=O)(=O)c3ccc(S(=O)(=O)N4CCOCC4)cc3)CC2)cc1. The molecule has 37 heavy (non-hydrogen) atoms. The molecule has 2 aromatic carbocycles. The van der Waals surface area contributed by atoms with E-state index in [-0.39, 0.29) is 54.0 Å². The van der Waals surface area contributed by atoms with Gasteiger partial charge in [0.05, 0.1) is 27.9 Å². The molecule has 0 bridgehead atoms. The van der Waals surface area contributed by atoms with Crippen molar-refractivity contribution in [3.8, 4) is 0 Å². The maximum atomic E-state index is 13.2. The first-order chi connectivity index (χ1) is 17.5. The van der Waals surface area contributed by atoms with E-state index >= 15 is 0 Å². The van der Waals surface area contributed by atoms with E-state index in [1.165, 1.54) is 37.2 Å². The number of hydrogen-bond donors (Lipinski definition) is 0. The predicted molar refractivity (Wildman–Crippen MR) is 139 cm³/mol. The standard InChI is InChI=1S/C24H33N3O7S3/c1-3-20(2)21-4-6-22(7-5-21)35(28,29)25-12-14-26(15-13-25)36(30,31)23-8-10-24(11-9-23)37(32,33)27-16-18-34-19-17-27/h4-11,20H,3,12-19H2,1-2H3/t20-/m1/s1. The van der Waals surface area contributed by atoms with E-state index in [2.05, 4.69) is 13.8 Å². The molecule has 13 heteroatoms. The zero-order chi connectivity index (χ0) is 26.8. The van der Waals surface area contributed by atoms with E-state index in [0.717, 1.165) is 12.0 Å². The van der Waals surface area contributed by atoms with Gasteiger partial charge in [-0.25, -0.2) is 25.3 Å². The van der Waals surface area contributed by atoms with Gasteiger partial charge in [0.2, 0.25) is 30.1 Å². The summed E-state index contributed by atoms with van der Waals surface area (Å²) in [6, 6.07) is 12.0. The number of hydrogen-bond acceptors (Lipinski definition) is 7. The third kappa shape index (κ3) is 5.77. The Morgan fingerprint density at radius 2 is 0.946 bits per heavy atom. The van der Waals surface area contributed by atoms with E-state index in [1.807, 2.05) is 12.1 Å². The Bertz CT molecular complexity index is 1390. The van der Waals surface area contributed by atoms with E-state index in [0.29, 0.717) is 19.1 Å². The van der Waals surface area contributed by atoms with Crippen LogP contribution in [-0.2, 0) is 34.8 Å². The molecule has 2 aliphatic heterocycles. The molecule has 0 aromatic heterocycles. The molecule has 0 unspecified atom stereocenters. The average molecular weight is 572 g/mol. The van der Waals surface area contributed by atoms with Crippen molar-refractivity contribution in [1.82, 2.24) is 12.9 Å². The first-order valence-corrected chi connectivity index (χ1v) is 16.6. The fourth-order valence-corrected chi connectivity index (χ4v) is 8.62. The summed E-state index contributed by atoms with van der Waals surface area (Å²) >= 11 is 0. The summed E-state index contributed by atoms with van der Waals surface area (Å²) in [5.74, 6) is 0.332. The van der Waals surface area contributed by atoms with Crippen LogP contribution >= 0.6 is 0 Å². The maximum absolute atomic E-state index is 13.2. The lowest BCUT2D eigenvalue weighted by atomic mass is 9.99. The summed E-state index contributed by atoms with van der Waals surface area (Å²) in [5, 5.41) is 0. The van der Waals surface area contributed by atoms with Crippen LogP contribution in [0.2, 0.25) is 0 Å². The van der Waals surface area contributed by atoms with Crippen LogP contribution in [-0.4, -0.2) is 90.7 Å². The van der Waals surface area contributed by atoms with Crippen LogP contribution in [0.1, 0.15) is 31.7 Å². The van der Waals surface area contributed by atoms with Crippen LogP contribution in [0, 0.1) is 0 Å². The Kier molecular flexibility index (Phi) is 8.43. The molecule has 4 rings (SSSR count). The van der Waals surface area contributed by atoms with Gasteiger partial charge in [-0.05, 0) is 54.3 Å². The number of rotatable bonds is 8. The second kappa shape index (κ2) is 11.1. The number of nitrogens with zero attached hydrogens (tertiary/aromatic N) is 3. The molecular weight excluding hydrogens is 538 g/mol. The van der Waals surface area contributed by atoms with Gasteiger partial charge in [-0.2, -0.15) is 12.9 Å². The highest BCUT2D eigenvalue weighted by molar-refractivity contribution is 7.90. The predicted octanol–water partition coefficient (Wildman–Crippen LogP) is 1.92. The molecule has 2 fully saturated rings. The van der Waals surface area contributed by atoms with Crippen molar-refractivity contribution in [3.05, 3.63) is 54.1 Å². The van der Waals surface area contributed by atoms with Crippen molar-refractivity contribution in [1.29, 1.82) is 0 Å². The van der Waals surface area contributed by atoms with Crippen molar-refractivity contribution in [3.63, 3.8) is 0 Å². The monoisotopic (exact) mass is 571 g/mol. The van der Waals surface area contributed by atoms with Crippen LogP contribution in [0.4, 0.5) is 0 Å². The van der Waals surface area contributed by atoms with Gasteiger partial charge in [0.15, 0.2) is 0 Å². The highest BCUT2D eigenvalue weighted by Gasteiger charge is 2.34. The fraction of sp³-hybridized carbons (Fsp3) is 0.500. The molecule has 0 N–H and O–H groups in total. The number of morpholine rings is 1. The largest absolute Gasteiger partial charge is 0.379 e. The second-order valence-electron chi connectivity index (χ2n) is 9.17. The normalized spacial score (nSPS) is 20.1. The summed E-state index contributed by atoms with van der Waals surface area (Å²) in [5.41, 5.74) is 1.07. The molecule has 0 amide bonds. The Balaban J connectivity index is 1.43. The summed E-state index contributed by atoms with van der Waals surface area (Å²) in [6.07, 6.45) is 0.953. The van der Waals surface area contributed by atoms with Gasteiger partial charge in [-0.3, -0.25) is 0 Å². The Labute approximate surface area is 220 Å². The Morgan fingerprint density at radius 1 is 0.622 bits per heavy atom. The molecule has 1 atom stereocenters. The number of piperazine rings is 1. The molecule has 10 nitrogen and oxygen atoms in total. The van der Waals surface area contributed by atoms with Gasteiger partial charge < -0.3 is 4.74 Å². The topological polar surface area (TPSA) is 121 Å². The Hall–Kier alpha value is -1.87. The lowest BCUT2D eigenvalue weighted by Gasteiger charge is -2.33. The van der Waals surface area contributed by atoms with Crippen LogP contribution in [0.5, 0.6) is 0 Å². The van der Waals surface area contributed by atoms with Crippen molar-refractivity contribution < 1.29 is 30.0 Å². The van der Waals surface area contributed by atoms with Gasteiger partial charge in [-0.15, -0.1) is 0 Å². The quantitative estimate of drug-likeness (QED) is 0.475. The average Bonchev–Trinajstić information content (AvgIpc) is 2.93. The second-order valence-corrected chi connectivity index (χ2v) is 15.0. The molecule has 2 aromatic rings. The minimum Gasteiger partial charge on any atom is -0.379 e. The van der Waals surface area contributed by atoms with Crippen LogP contribution in [0.25, 0.3) is 0 Å². The number of benzene rings is 2. The summed E-state index contributed by atoms with van der Waals surface area (Å²) < 4.78 is 87.3. The minimum absolute atomic E-state index is 0.000341. The molecule has 2 aliphatic rings. The van der Waals surface area contributed by atoms with Crippen molar-refractivity contribution >= 4 is 30.1 Å². The van der Waals surface area contributed by atoms with E-state index in [1.54, 1.807) is 12.1 Å². The van der Waals surface area contributed by atoms with E-state index in [9.17, 15) is 25.3 Å². The number of ether oxygens (including phenoxy) is 1.